The maximum Gasteiger partial charge on any atom is 0.187 e. The fraction of sp³-hybridized carbons (Fsp3) is 0.536. The molecule has 1 aromatic carbocycles. The van der Waals surface area contributed by atoms with Gasteiger partial charge in [0.1, 0.15) is 11.4 Å². The summed E-state index contributed by atoms with van der Waals surface area (Å²) in [5.74, 6) is 0.980. The van der Waals surface area contributed by atoms with Gasteiger partial charge in [0.2, 0.25) is 0 Å². The van der Waals surface area contributed by atoms with Gasteiger partial charge in [-0.25, -0.2) is 4.98 Å². The molecule has 0 bridgehead atoms. The van der Waals surface area contributed by atoms with Crippen LogP contribution in [0.3, 0.4) is 0 Å². The molecule has 1 heterocycles. The Hall–Kier alpha value is -2.31. The molecule has 4 aliphatic carbocycles. The molecule has 0 amide bonds. The molecule has 0 aliphatic heterocycles. The summed E-state index contributed by atoms with van der Waals surface area (Å²) in [6.45, 7) is 4.34. The summed E-state index contributed by atoms with van der Waals surface area (Å²) in [5, 5.41) is 18.2. The molecule has 2 aromatic rings. The average molecular weight is 477 g/mol. The van der Waals surface area contributed by atoms with E-state index in [2.05, 4.69) is 19.2 Å². The Morgan fingerprint density at radius 1 is 1.09 bits per heavy atom. The average Bonchev–Trinajstić information content (AvgIpc) is 3.38. The fourth-order valence-electron chi connectivity index (χ4n) is 7.97. The van der Waals surface area contributed by atoms with Crippen LogP contribution in [0.1, 0.15) is 64.5 Å². The van der Waals surface area contributed by atoms with Crippen molar-refractivity contribution in [2.45, 2.75) is 64.4 Å². The lowest BCUT2D eigenvalue weighted by Crippen LogP contribution is -2.57. The number of rotatable bonds is 3. The molecule has 0 saturated heterocycles. The molecule has 2 N–H and O–H groups in total. The molecular weight excluding hydrogens is 444 g/mol. The molecule has 0 spiro atoms. The van der Waals surface area contributed by atoms with E-state index in [1.165, 1.54) is 16.9 Å². The Bertz CT molecular complexity index is 1190. The highest BCUT2D eigenvalue weighted by molar-refractivity contribution is 7.13. The van der Waals surface area contributed by atoms with Crippen molar-refractivity contribution in [2.75, 3.05) is 5.32 Å². The summed E-state index contributed by atoms with van der Waals surface area (Å²) in [7, 11) is 0. The number of Topliss-reactive ketones (excluding diaryl/α,β-unsaturated/α-hetero) is 1. The second-order valence-corrected chi connectivity index (χ2v) is 12.2. The van der Waals surface area contributed by atoms with Crippen molar-refractivity contribution in [2.24, 2.45) is 28.6 Å². The van der Waals surface area contributed by atoms with Crippen LogP contribution in [0.4, 0.5) is 10.8 Å². The van der Waals surface area contributed by atoms with E-state index in [9.17, 15) is 14.7 Å². The van der Waals surface area contributed by atoms with Gasteiger partial charge in [0, 0.05) is 35.2 Å². The first-order valence-electron chi connectivity index (χ1n) is 12.5. The summed E-state index contributed by atoms with van der Waals surface area (Å²) in [5.41, 5.74) is 1.01. The van der Waals surface area contributed by atoms with E-state index in [4.69, 9.17) is 4.98 Å². The van der Waals surface area contributed by atoms with Crippen LogP contribution in [0.15, 0.2) is 47.4 Å². The van der Waals surface area contributed by atoms with Gasteiger partial charge in [-0.05, 0) is 67.6 Å². The number of nitrogens with zero attached hydrogens (tertiary/aromatic N) is 1. The second-order valence-electron chi connectivity index (χ2n) is 11.3. The van der Waals surface area contributed by atoms with Crippen molar-refractivity contribution in [3.05, 3.63) is 53.1 Å². The monoisotopic (exact) mass is 476 g/mol. The lowest BCUT2D eigenvalue weighted by atomic mass is 9.46. The summed E-state index contributed by atoms with van der Waals surface area (Å²) >= 11 is 1.50. The number of hydrogen-bond donors (Lipinski definition) is 2. The first-order chi connectivity index (χ1) is 16.2. The molecule has 0 unspecified atom stereocenters. The predicted octanol–water partition coefficient (Wildman–Crippen LogP) is 5.79. The Morgan fingerprint density at radius 3 is 2.68 bits per heavy atom. The molecule has 1 aromatic heterocycles. The van der Waals surface area contributed by atoms with Crippen LogP contribution >= 0.6 is 11.3 Å². The minimum atomic E-state index is -1.11. The number of aromatic nitrogens is 1. The minimum Gasteiger partial charge on any atom is -0.383 e. The molecule has 6 heteroatoms. The molecule has 178 valence electrons. The minimum absolute atomic E-state index is 0.0354. The van der Waals surface area contributed by atoms with Crippen LogP contribution in [0.5, 0.6) is 0 Å². The SMILES string of the molecule is C[C@]12CCC(=O)C=C1CC[C@@H]1[C@@H]2C(=O)C[C@@]2(C)[C@H]1CC[C@]2(O)c1csc(Nc2ccccc2)n1. The number of hydrogen-bond acceptors (Lipinski definition) is 6. The third-order valence-corrected chi connectivity index (χ3v) is 10.5. The van der Waals surface area contributed by atoms with Crippen molar-refractivity contribution in [1.82, 2.24) is 4.98 Å². The number of allylic oxidation sites excluding steroid dienone is 1. The van der Waals surface area contributed by atoms with E-state index in [0.717, 1.165) is 36.5 Å². The second kappa shape index (κ2) is 7.59. The largest absolute Gasteiger partial charge is 0.383 e. The fourth-order valence-corrected chi connectivity index (χ4v) is 8.77. The first-order valence-corrected chi connectivity index (χ1v) is 13.4. The van der Waals surface area contributed by atoms with Crippen LogP contribution in [-0.2, 0) is 15.2 Å². The van der Waals surface area contributed by atoms with E-state index in [1.807, 2.05) is 41.8 Å². The van der Waals surface area contributed by atoms with E-state index in [0.29, 0.717) is 25.0 Å². The van der Waals surface area contributed by atoms with Crippen molar-refractivity contribution < 1.29 is 14.7 Å². The van der Waals surface area contributed by atoms with Gasteiger partial charge >= 0.3 is 0 Å². The quantitative estimate of drug-likeness (QED) is 0.587. The number of fused-ring (bicyclic) bond motifs is 5. The lowest BCUT2D eigenvalue weighted by molar-refractivity contribution is -0.162. The molecule has 5 nitrogen and oxygen atoms in total. The number of benzene rings is 1. The van der Waals surface area contributed by atoms with Gasteiger partial charge in [0.15, 0.2) is 10.9 Å². The molecule has 0 radical (unpaired) electrons. The summed E-state index contributed by atoms with van der Waals surface area (Å²) in [4.78, 5) is 30.7. The normalized spacial score (nSPS) is 39.1. The van der Waals surface area contributed by atoms with Crippen LogP contribution in [0.2, 0.25) is 0 Å². The molecule has 6 atom stereocenters. The Labute approximate surface area is 204 Å². The summed E-state index contributed by atoms with van der Waals surface area (Å²) < 4.78 is 0. The maximum absolute atomic E-state index is 13.8. The van der Waals surface area contributed by atoms with Gasteiger partial charge in [0.25, 0.3) is 0 Å². The van der Waals surface area contributed by atoms with E-state index in [-0.39, 0.29) is 34.7 Å². The highest BCUT2D eigenvalue weighted by Gasteiger charge is 2.67. The van der Waals surface area contributed by atoms with Crippen LogP contribution in [0.25, 0.3) is 0 Å². The van der Waals surface area contributed by atoms with Gasteiger partial charge < -0.3 is 10.4 Å². The number of nitrogens with one attached hydrogen (secondary N) is 1. The Balaban J connectivity index is 1.32. The zero-order chi connectivity index (χ0) is 23.7. The van der Waals surface area contributed by atoms with E-state index < -0.39 is 11.0 Å². The summed E-state index contributed by atoms with van der Waals surface area (Å²) in [6.07, 6.45) is 6.90. The third-order valence-electron chi connectivity index (χ3n) is 9.76. The van der Waals surface area contributed by atoms with Gasteiger partial charge in [-0.2, -0.15) is 0 Å². The van der Waals surface area contributed by atoms with Gasteiger partial charge in [-0.15, -0.1) is 11.3 Å². The van der Waals surface area contributed by atoms with Crippen LogP contribution in [-0.4, -0.2) is 21.7 Å². The number of ketones is 2. The Morgan fingerprint density at radius 2 is 1.88 bits per heavy atom. The first kappa shape index (κ1) is 22.2. The molecule has 3 saturated carbocycles. The third kappa shape index (κ3) is 3.04. The summed E-state index contributed by atoms with van der Waals surface area (Å²) in [6, 6.07) is 9.92. The number of thiazole rings is 1. The van der Waals surface area contributed by atoms with Crippen LogP contribution in [0, 0.1) is 28.6 Å². The molecule has 6 rings (SSSR count). The molecule has 4 aliphatic rings. The number of carbonyl (C=O) groups excluding carboxylic acids is 2. The van der Waals surface area contributed by atoms with E-state index >= 15 is 0 Å². The van der Waals surface area contributed by atoms with Crippen molar-refractivity contribution in [1.29, 1.82) is 0 Å². The van der Waals surface area contributed by atoms with Gasteiger partial charge in [-0.1, -0.05) is 37.6 Å². The molecular formula is C28H32N2O3S. The zero-order valence-electron chi connectivity index (χ0n) is 19.8. The number of aliphatic hydroxyl groups is 1. The van der Waals surface area contributed by atoms with Crippen LogP contribution < -0.4 is 5.32 Å². The highest BCUT2D eigenvalue weighted by Crippen LogP contribution is 2.68. The maximum atomic E-state index is 13.8. The Kier molecular flexibility index (Phi) is 4.95. The van der Waals surface area contributed by atoms with Gasteiger partial charge in [0.05, 0.1) is 5.69 Å². The number of anilines is 2. The highest BCUT2D eigenvalue weighted by atomic mass is 32.1. The van der Waals surface area contributed by atoms with Crippen molar-refractivity contribution >= 4 is 33.7 Å². The van der Waals surface area contributed by atoms with Crippen molar-refractivity contribution in [3.63, 3.8) is 0 Å². The van der Waals surface area contributed by atoms with E-state index in [1.54, 1.807) is 0 Å². The smallest absolute Gasteiger partial charge is 0.187 e. The lowest BCUT2D eigenvalue weighted by Gasteiger charge is -2.57. The molecule has 3 fully saturated rings. The molecule has 34 heavy (non-hydrogen) atoms. The number of para-hydroxylation sites is 1. The predicted molar refractivity (Wildman–Crippen MR) is 133 cm³/mol. The zero-order valence-corrected chi connectivity index (χ0v) is 20.7. The van der Waals surface area contributed by atoms with Gasteiger partial charge in [-0.3, -0.25) is 9.59 Å². The topological polar surface area (TPSA) is 79.3 Å². The number of carbonyl (C=O) groups is 2. The standard InChI is InChI=1S/C28H32N2O3S/c1-26-12-10-19(31)14-17(26)8-9-20-21-11-13-28(33,27(21,2)15-22(32)24(20)26)23-16-34-25(30-23)29-18-6-4-3-5-7-18/h3-7,14,16,20-21,24,33H,8-13,15H2,1-2H3,(H,29,30)/t20-,21-,24+,26-,27-,28-/m0/s1. The van der Waals surface area contributed by atoms with Crippen molar-refractivity contribution in [3.8, 4) is 0 Å².